The number of hydrogen-bond acceptors (Lipinski definition) is 6. The van der Waals surface area contributed by atoms with E-state index in [1.165, 1.54) is 18.1 Å². The molecule has 7 heteroatoms. The van der Waals surface area contributed by atoms with Crippen molar-refractivity contribution in [1.29, 1.82) is 0 Å². The van der Waals surface area contributed by atoms with Gasteiger partial charge in [0.05, 0.1) is 13.2 Å². The molecule has 1 unspecified atom stereocenters. The zero-order valence-electron chi connectivity index (χ0n) is 24.4. The minimum atomic E-state index is -1.05. The van der Waals surface area contributed by atoms with Crippen LogP contribution in [0.5, 0.6) is 11.5 Å². The van der Waals surface area contributed by atoms with E-state index in [0.29, 0.717) is 30.2 Å². The Morgan fingerprint density at radius 2 is 1.66 bits per heavy atom. The second-order valence-electron chi connectivity index (χ2n) is 11.7. The van der Waals surface area contributed by atoms with Crippen molar-refractivity contribution >= 4 is 11.9 Å². The molecule has 0 spiro atoms. The number of hydrogen-bond donors (Lipinski definition) is 1. The summed E-state index contributed by atoms with van der Waals surface area (Å²) in [6.07, 6.45) is -0.0918. The topological polar surface area (TPSA) is 85.3 Å². The number of fused-ring (bicyclic) bond motifs is 1. The Kier molecular flexibility index (Phi) is 8.09. The lowest BCUT2D eigenvalue weighted by Crippen LogP contribution is -2.39. The van der Waals surface area contributed by atoms with Crippen LogP contribution < -0.4 is 9.47 Å². The van der Waals surface area contributed by atoms with Crippen molar-refractivity contribution < 1.29 is 28.9 Å². The Bertz CT molecular complexity index is 1390. The lowest BCUT2D eigenvalue weighted by molar-refractivity contribution is -0.159. The summed E-state index contributed by atoms with van der Waals surface area (Å²) >= 11 is 0. The molecule has 1 N–H and O–H groups in total. The fraction of sp³-hybridized carbons (Fsp3) is 0.412. The number of nitrogens with zero attached hydrogens (tertiary/aromatic N) is 1. The van der Waals surface area contributed by atoms with Crippen LogP contribution in [-0.2, 0) is 27.2 Å². The number of amides is 1. The predicted octanol–water partition coefficient (Wildman–Crippen LogP) is 5.17. The van der Waals surface area contributed by atoms with Gasteiger partial charge in [-0.3, -0.25) is 9.59 Å². The van der Waals surface area contributed by atoms with Gasteiger partial charge < -0.3 is 24.2 Å². The number of aliphatic hydroxyl groups excluding tert-OH is 1. The molecule has 1 saturated heterocycles. The maximum Gasteiger partial charge on any atom is 0.303 e. The van der Waals surface area contributed by atoms with E-state index in [0.717, 1.165) is 24.0 Å². The third-order valence-corrected chi connectivity index (χ3v) is 8.78. The van der Waals surface area contributed by atoms with E-state index in [4.69, 9.17) is 14.2 Å². The Hall–Kier alpha value is -3.84. The number of rotatable bonds is 8. The summed E-state index contributed by atoms with van der Waals surface area (Å²) in [7, 11) is 1.63. The first-order chi connectivity index (χ1) is 19.6. The Labute approximate surface area is 242 Å². The summed E-state index contributed by atoms with van der Waals surface area (Å²) < 4.78 is 17.7. The highest BCUT2D eigenvalue weighted by Crippen LogP contribution is 2.48. The minimum Gasteiger partial charge on any atom is -0.493 e. The van der Waals surface area contributed by atoms with Gasteiger partial charge >= 0.3 is 5.97 Å². The van der Waals surface area contributed by atoms with Crippen molar-refractivity contribution in [1.82, 2.24) is 4.90 Å². The van der Waals surface area contributed by atoms with Crippen molar-refractivity contribution in [3.63, 3.8) is 0 Å². The normalized spacial score (nSPS) is 21.7. The number of methoxy groups -OCH3 is 1. The number of carbonyl (C=O) groups excluding carboxylic acids is 2. The first-order valence-electron chi connectivity index (χ1n) is 14.2. The Morgan fingerprint density at radius 1 is 1.00 bits per heavy atom. The van der Waals surface area contributed by atoms with Crippen molar-refractivity contribution in [2.24, 2.45) is 5.41 Å². The van der Waals surface area contributed by atoms with E-state index in [1.54, 1.807) is 18.9 Å². The average molecular weight is 558 g/mol. The van der Waals surface area contributed by atoms with E-state index < -0.39 is 23.6 Å². The standard InChI is InChI=1S/C34H39NO6/c1-21-10-12-24(13-11-21)32(40-23(3)37)33(38)35-19-29(34(4,20-35)22(2)36)27-14-15-30(39-5)31(18-27)41-28-16-25-8-6-7-9-26(25)17-28/h6-15,18,22,28-29,32,36H,16-17,19-20H2,1-5H3/t22-,29+,32?,34+/m1/s1. The fourth-order valence-electron chi connectivity index (χ4n) is 6.21. The third-order valence-electron chi connectivity index (χ3n) is 8.78. The number of likely N-dealkylation sites (tertiary alicyclic amines) is 1. The van der Waals surface area contributed by atoms with Gasteiger partial charge in [-0.1, -0.05) is 67.1 Å². The molecule has 216 valence electrons. The predicted molar refractivity (Wildman–Crippen MR) is 156 cm³/mol. The van der Waals surface area contributed by atoms with Crippen LogP contribution in [0, 0.1) is 12.3 Å². The maximum atomic E-state index is 13.9. The van der Waals surface area contributed by atoms with Crippen LogP contribution in [0.15, 0.2) is 66.7 Å². The maximum absolute atomic E-state index is 13.9. The summed E-state index contributed by atoms with van der Waals surface area (Å²) in [5.41, 5.74) is 4.58. The first-order valence-corrected chi connectivity index (χ1v) is 14.2. The molecule has 0 aromatic heterocycles. The molecule has 0 radical (unpaired) electrons. The highest BCUT2D eigenvalue weighted by atomic mass is 16.5. The molecule has 1 aliphatic carbocycles. The van der Waals surface area contributed by atoms with E-state index in [9.17, 15) is 14.7 Å². The van der Waals surface area contributed by atoms with Gasteiger partial charge in [-0.25, -0.2) is 0 Å². The van der Waals surface area contributed by atoms with Crippen molar-refractivity contribution in [3.8, 4) is 11.5 Å². The molecule has 3 aromatic rings. The van der Waals surface area contributed by atoms with Crippen LogP contribution in [0.1, 0.15) is 60.6 Å². The molecule has 1 aliphatic heterocycles. The molecule has 1 fully saturated rings. The summed E-state index contributed by atoms with van der Waals surface area (Å²) in [6, 6.07) is 21.7. The molecule has 4 atom stereocenters. The smallest absolute Gasteiger partial charge is 0.303 e. The summed E-state index contributed by atoms with van der Waals surface area (Å²) in [6.45, 7) is 7.72. The highest BCUT2D eigenvalue weighted by molar-refractivity contribution is 5.85. The van der Waals surface area contributed by atoms with Crippen molar-refractivity contribution in [3.05, 3.63) is 94.5 Å². The van der Waals surface area contributed by atoms with Gasteiger partial charge in [0, 0.05) is 49.8 Å². The number of aliphatic hydroxyl groups is 1. The van der Waals surface area contributed by atoms with Crippen LogP contribution in [0.2, 0.25) is 0 Å². The molecule has 3 aromatic carbocycles. The number of esters is 1. The molecular weight excluding hydrogens is 518 g/mol. The molecule has 5 rings (SSSR count). The van der Waals surface area contributed by atoms with Gasteiger partial charge in [-0.05, 0) is 42.7 Å². The zero-order chi connectivity index (χ0) is 29.3. The molecule has 41 heavy (non-hydrogen) atoms. The number of benzene rings is 3. The van der Waals surface area contributed by atoms with Crippen molar-refractivity contribution in [2.75, 3.05) is 20.2 Å². The van der Waals surface area contributed by atoms with Crippen LogP contribution in [0.25, 0.3) is 0 Å². The van der Waals surface area contributed by atoms with E-state index >= 15 is 0 Å². The quantitative estimate of drug-likeness (QED) is 0.385. The van der Waals surface area contributed by atoms with E-state index in [2.05, 4.69) is 24.3 Å². The second-order valence-corrected chi connectivity index (χ2v) is 11.7. The minimum absolute atomic E-state index is 0.000324. The van der Waals surface area contributed by atoms with Crippen LogP contribution in [0.4, 0.5) is 0 Å². The molecule has 2 aliphatic rings. The van der Waals surface area contributed by atoms with Crippen LogP contribution in [0.3, 0.4) is 0 Å². The average Bonchev–Trinajstić information content (AvgIpc) is 3.53. The largest absolute Gasteiger partial charge is 0.493 e. The van der Waals surface area contributed by atoms with E-state index in [1.807, 2.05) is 56.3 Å². The SMILES string of the molecule is COc1ccc([C@@H]2CN(C(=O)C(OC(C)=O)c3ccc(C)cc3)C[C@@]2(C)[C@@H](C)O)cc1OC1Cc2ccccc2C1. The number of aryl methyl sites for hydroxylation is 1. The lowest BCUT2D eigenvalue weighted by atomic mass is 9.72. The Morgan fingerprint density at radius 3 is 2.24 bits per heavy atom. The Balaban J connectivity index is 1.42. The van der Waals surface area contributed by atoms with Gasteiger partial charge in [-0.15, -0.1) is 0 Å². The summed E-state index contributed by atoms with van der Waals surface area (Å²) in [5, 5.41) is 11.0. The van der Waals surface area contributed by atoms with Crippen LogP contribution in [-0.4, -0.2) is 54.3 Å². The molecule has 1 heterocycles. The number of ether oxygens (including phenoxy) is 3. The third kappa shape index (κ3) is 5.82. The highest BCUT2D eigenvalue weighted by Gasteiger charge is 2.50. The fourth-order valence-corrected chi connectivity index (χ4v) is 6.21. The van der Waals surface area contributed by atoms with Gasteiger partial charge in [0.25, 0.3) is 5.91 Å². The second kappa shape index (κ2) is 11.6. The molecule has 0 saturated carbocycles. The van der Waals surface area contributed by atoms with Gasteiger partial charge in [0.2, 0.25) is 6.10 Å². The van der Waals surface area contributed by atoms with Gasteiger partial charge in [0.1, 0.15) is 6.10 Å². The zero-order valence-corrected chi connectivity index (χ0v) is 24.4. The summed E-state index contributed by atoms with van der Waals surface area (Å²) in [5.74, 6) is 0.286. The number of carbonyl (C=O) groups is 2. The summed E-state index contributed by atoms with van der Waals surface area (Å²) in [4.78, 5) is 27.6. The van der Waals surface area contributed by atoms with Crippen molar-refractivity contribution in [2.45, 2.75) is 64.8 Å². The van der Waals surface area contributed by atoms with E-state index in [-0.39, 0.29) is 17.9 Å². The monoisotopic (exact) mass is 557 g/mol. The first kappa shape index (κ1) is 28.7. The molecule has 0 bridgehead atoms. The molecule has 7 nitrogen and oxygen atoms in total. The van der Waals surface area contributed by atoms with Gasteiger partial charge in [0.15, 0.2) is 11.5 Å². The lowest BCUT2D eigenvalue weighted by Gasteiger charge is -2.34. The molecular formula is C34H39NO6. The van der Waals surface area contributed by atoms with Gasteiger partial charge in [-0.2, -0.15) is 0 Å². The van der Waals surface area contributed by atoms with Crippen LogP contribution >= 0.6 is 0 Å². The molecule has 1 amide bonds.